The first kappa shape index (κ1) is 14.7. The number of hydrogen-bond donors (Lipinski definition) is 2. The van der Waals surface area contributed by atoms with Crippen molar-refractivity contribution in [1.29, 1.82) is 0 Å². The fourth-order valence-electron chi connectivity index (χ4n) is 2.44. The van der Waals surface area contributed by atoms with E-state index < -0.39 is 0 Å². The van der Waals surface area contributed by atoms with Gasteiger partial charge in [-0.25, -0.2) is 0 Å². The van der Waals surface area contributed by atoms with Crippen molar-refractivity contribution in [3.05, 3.63) is 34.2 Å². The van der Waals surface area contributed by atoms with E-state index >= 15 is 0 Å². The monoisotopic (exact) mass is 278 g/mol. The number of piperidine rings is 1. The number of aromatic nitrogens is 1. The molecule has 1 saturated heterocycles. The standard InChI is InChI=1S/C14H22N4O2/c1-17-6-2-11(10-13(17)19)14(20)16-12-3-7-18(8-4-12)9-5-15/h2,6,10,12H,3-5,7-9,15H2,1H3,(H,16,20). The van der Waals surface area contributed by atoms with Crippen molar-refractivity contribution >= 4 is 5.91 Å². The smallest absolute Gasteiger partial charge is 0.251 e. The zero-order chi connectivity index (χ0) is 14.5. The minimum absolute atomic E-state index is 0.167. The van der Waals surface area contributed by atoms with E-state index in [1.807, 2.05) is 0 Å². The molecule has 1 fully saturated rings. The molecule has 6 heteroatoms. The molecular formula is C14H22N4O2. The van der Waals surface area contributed by atoms with Gasteiger partial charge < -0.3 is 20.5 Å². The Morgan fingerprint density at radius 2 is 2.15 bits per heavy atom. The molecule has 20 heavy (non-hydrogen) atoms. The van der Waals surface area contributed by atoms with Crippen molar-refractivity contribution in [2.45, 2.75) is 18.9 Å². The Morgan fingerprint density at radius 3 is 2.75 bits per heavy atom. The molecule has 1 aromatic rings. The summed E-state index contributed by atoms with van der Waals surface area (Å²) in [7, 11) is 1.66. The summed E-state index contributed by atoms with van der Waals surface area (Å²) in [6.45, 7) is 3.50. The van der Waals surface area contributed by atoms with Gasteiger partial charge in [-0.2, -0.15) is 0 Å². The fourth-order valence-corrected chi connectivity index (χ4v) is 2.44. The molecule has 1 aromatic heterocycles. The van der Waals surface area contributed by atoms with Crippen LogP contribution >= 0.6 is 0 Å². The first-order valence-electron chi connectivity index (χ1n) is 7.00. The molecule has 0 bridgehead atoms. The first-order valence-corrected chi connectivity index (χ1v) is 7.00. The summed E-state index contributed by atoms with van der Waals surface area (Å²) in [6.07, 6.45) is 3.47. The van der Waals surface area contributed by atoms with E-state index in [0.717, 1.165) is 32.5 Å². The van der Waals surface area contributed by atoms with E-state index in [1.165, 1.54) is 10.6 Å². The lowest BCUT2D eigenvalue weighted by molar-refractivity contribution is 0.0911. The van der Waals surface area contributed by atoms with Gasteiger partial charge in [0, 0.05) is 57.1 Å². The number of aryl methyl sites for hydroxylation is 1. The molecule has 0 unspecified atom stereocenters. The maximum absolute atomic E-state index is 12.1. The quantitative estimate of drug-likeness (QED) is 0.781. The van der Waals surface area contributed by atoms with Gasteiger partial charge in [0.1, 0.15) is 0 Å². The van der Waals surface area contributed by atoms with E-state index in [9.17, 15) is 9.59 Å². The summed E-state index contributed by atoms with van der Waals surface area (Å²) in [5, 5.41) is 3.00. The largest absolute Gasteiger partial charge is 0.349 e. The molecule has 6 nitrogen and oxygen atoms in total. The van der Waals surface area contributed by atoms with E-state index in [0.29, 0.717) is 12.1 Å². The van der Waals surface area contributed by atoms with Crippen LogP contribution in [0.2, 0.25) is 0 Å². The minimum Gasteiger partial charge on any atom is -0.349 e. The third-order valence-corrected chi connectivity index (χ3v) is 3.73. The topological polar surface area (TPSA) is 80.4 Å². The SMILES string of the molecule is Cn1ccc(C(=O)NC2CCN(CCN)CC2)cc1=O. The Hall–Kier alpha value is -1.66. The third kappa shape index (κ3) is 3.68. The second kappa shape index (κ2) is 6.67. The molecular weight excluding hydrogens is 256 g/mol. The van der Waals surface area contributed by atoms with Gasteiger partial charge in [0.05, 0.1) is 0 Å². The van der Waals surface area contributed by atoms with E-state index in [1.54, 1.807) is 19.3 Å². The number of likely N-dealkylation sites (tertiary alicyclic amines) is 1. The highest BCUT2D eigenvalue weighted by molar-refractivity contribution is 5.94. The van der Waals surface area contributed by atoms with Gasteiger partial charge in [-0.1, -0.05) is 0 Å². The molecule has 1 aliphatic heterocycles. The molecule has 0 atom stereocenters. The van der Waals surface area contributed by atoms with Crippen LogP contribution in [-0.2, 0) is 7.05 Å². The molecule has 0 radical (unpaired) electrons. The molecule has 1 aliphatic rings. The summed E-state index contributed by atoms with van der Waals surface area (Å²) < 4.78 is 1.45. The summed E-state index contributed by atoms with van der Waals surface area (Å²) >= 11 is 0. The van der Waals surface area contributed by atoms with E-state index in [2.05, 4.69) is 10.2 Å². The number of nitrogens with one attached hydrogen (secondary N) is 1. The molecule has 0 aliphatic carbocycles. The predicted octanol–water partition coefficient (Wildman–Crippen LogP) is -0.462. The summed E-state index contributed by atoms with van der Waals surface area (Å²) in [5.41, 5.74) is 5.79. The number of pyridine rings is 1. The second-order valence-corrected chi connectivity index (χ2v) is 5.24. The molecule has 110 valence electrons. The Kier molecular flexibility index (Phi) is 4.92. The van der Waals surface area contributed by atoms with Crippen LogP contribution in [0.1, 0.15) is 23.2 Å². The van der Waals surface area contributed by atoms with Crippen LogP contribution in [0.25, 0.3) is 0 Å². The lowest BCUT2D eigenvalue weighted by Crippen LogP contribution is -2.45. The number of carbonyl (C=O) groups excluding carboxylic acids is 1. The van der Waals surface area contributed by atoms with Gasteiger partial charge in [0.15, 0.2) is 0 Å². The zero-order valence-corrected chi connectivity index (χ0v) is 11.8. The molecule has 2 heterocycles. The maximum atomic E-state index is 12.1. The summed E-state index contributed by atoms with van der Waals surface area (Å²) in [6, 6.07) is 3.22. The predicted molar refractivity (Wildman–Crippen MR) is 77.7 cm³/mol. The zero-order valence-electron chi connectivity index (χ0n) is 11.8. The molecule has 3 N–H and O–H groups in total. The van der Waals surface area contributed by atoms with E-state index in [4.69, 9.17) is 5.73 Å². The third-order valence-electron chi connectivity index (χ3n) is 3.73. The number of carbonyl (C=O) groups is 1. The van der Waals surface area contributed by atoms with Crippen LogP contribution in [0.5, 0.6) is 0 Å². The number of amides is 1. The average molecular weight is 278 g/mol. The Balaban J connectivity index is 1.89. The van der Waals surface area contributed by atoms with Crippen LogP contribution in [-0.4, -0.2) is 47.6 Å². The number of nitrogens with two attached hydrogens (primary N) is 1. The average Bonchev–Trinajstić information content (AvgIpc) is 2.44. The Morgan fingerprint density at radius 1 is 1.45 bits per heavy atom. The maximum Gasteiger partial charge on any atom is 0.251 e. The van der Waals surface area contributed by atoms with Crippen molar-refractivity contribution < 1.29 is 4.79 Å². The van der Waals surface area contributed by atoms with Crippen LogP contribution < -0.4 is 16.6 Å². The second-order valence-electron chi connectivity index (χ2n) is 5.24. The number of rotatable bonds is 4. The van der Waals surface area contributed by atoms with Crippen LogP contribution in [0.3, 0.4) is 0 Å². The molecule has 1 amide bonds. The summed E-state index contributed by atoms with van der Waals surface area (Å²) in [4.78, 5) is 25.9. The van der Waals surface area contributed by atoms with Crippen LogP contribution in [0.15, 0.2) is 23.1 Å². The number of nitrogens with zero attached hydrogens (tertiary/aromatic N) is 2. The van der Waals surface area contributed by atoms with E-state index in [-0.39, 0.29) is 17.5 Å². The number of hydrogen-bond acceptors (Lipinski definition) is 4. The van der Waals surface area contributed by atoms with Gasteiger partial charge >= 0.3 is 0 Å². The lowest BCUT2D eigenvalue weighted by Gasteiger charge is -2.31. The highest BCUT2D eigenvalue weighted by Gasteiger charge is 2.20. The summed E-state index contributed by atoms with van der Waals surface area (Å²) in [5.74, 6) is -0.167. The molecule has 2 rings (SSSR count). The van der Waals surface area contributed by atoms with Gasteiger partial charge in [0.25, 0.3) is 11.5 Å². The van der Waals surface area contributed by atoms with Gasteiger partial charge in [-0.05, 0) is 18.9 Å². The lowest BCUT2D eigenvalue weighted by atomic mass is 10.0. The van der Waals surface area contributed by atoms with Gasteiger partial charge in [-0.15, -0.1) is 0 Å². The van der Waals surface area contributed by atoms with Crippen molar-refractivity contribution in [2.75, 3.05) is 26.2 Å². The molecule has 0 spiro atoms. The molecule has 0 saturated carbocycles. The Bertz CT molecular complexity index is 518. The minimum atomic E-state index is -0.171. The van der Waals surface area contributed by atoms with Crippen molar-refractivity contribution in [3.8, 4) is 0 Å². The van der Waals surface area contributed by atoms with Crippen molar-refractivity contribution in [1.82, 2.24) is 14.8 Å². The first-order chi connectivity index (χ1) is 9.60. The van der Waals surface area contributed by atoms with Crippen molar-refractivity contribution in [3.63, 3.8) is 0 Å². The Labute approximate surface area is 118 Å². The van der Waals surface area contributed by atoms with Gasteiger partial charge in [-0.3, -0.25) is 9.59 Å². The fraction of sp³-hybridized carbons (Fsp3) is 0.571. The van der Waals surface area contributed by atoms with Crippen molar-refractivity contribution in [2.24, 2.45) is 12.8 Å². The van der Waals surface area contributed by atoms with Crippen LogP contribution in [0.4, 0.5) is 0 Å². The normalized spacial score (nSPS) is 17.1. The molecule has 0 aromatic carbocycles. The highest BCUT2D eigenvalue weighted by Crippen LogP contribution is 2.10. The van der Waals surface area contributed by atoms with Crippen LogP contribution in [0, 0.1) is 0 Å². The van der Waals surface area contributed by atoms with Gasteiger partial charge in [0.2, 0.25) is 0 Å². The highest BCUT2D eigenvalue weighted by atomic mass is 16.2.